The average Bonchev–Trinajstić information content (AvgIpc) is 2.58. The molecule has 0 fully saturated rings. The van der Waals surface area contributed by atoms with Gasteiger partial charge in [0.05, 0.1) is 12.7 Å². The zero-order valence-electron chi connectivity index (χ0n) is 15.3. The molecule has 1 amide bonds. The number of alkyl carbamates (subject to hydrolysis) is 1. The number of aliphatic hydroxyl groups is 2. The fourth-order valence-corrected chi connectivity index (χ4v) is 2.79. The molecule has 0 radical (unpaired) electrons. The van der Waals surface area contributed by atoms with Crippen molar-refractivity contribution >= 4 is 23.8 Å². The minimum atomic E-state index is -0.923. The van der Waals surface area contributed by atoms with E-state index in [4.69, 9.17) is 14.6 Å². The lowest BCUT2D eigenvalue weighted by atomic mass is 10.2. The normalized spacial score (nSPS) is 13.6. The summed E-state index contributed by atoms with van der Waals surface area (Å²) in [6.45, 7) is 4.93. The van der Waals surface area contributed by atoms with Crippen LogP contribution >= 0.6 is 11.8 Å². The summed E-state index contributed by atoms with van der Waals surface area (Å²) in [4.78, 5) is 24.3. The Kier molecular flexibility index (Phi) is 9.47. The molecule has 0 aliphatic rings. The molecular formula is C18H27NO6S. The molecule has 1 aromatic carbocycles. The quantitative estimate of drug-likeness (QED) is 0.556. The van der Waals surface area contributed by atoms with Gasteiger partial charge in [0.25, 0.3) is 0 Å². The number of nitrogens with one attached hydrogen (secondary N) is 1. The minimum absolute atomic E-state index is 0.0874. The monoisotopic (exact) mass is 385 g/mol. The SMILES string of the molecule is CC(C)(C)OC(=O)C(CSCC(O)CO)NC(=O)OCc1ccccc1. The lowest BCUT2D eigenvalue weighted by molar-refractivity contribution is -0.156. The summed E-state index contributed by atoms with van der Waals surface area (Å²) in [5.41, 5.74) is 0.136. The molecule has 8 heteroatoms. The number of thioether (sulfide) groups is 1. The smallest absolute Gasteiger partial charge is 0.408 e. The van der Waals surface area contributed by atoms with Crippen LogP contribution in [0, 0.1) is 0 Å². The van der Waals surface area contributed by atoms with Crippen LogP contribution in [0.4, 0.5) is 4.79 Å². The molecule has 0 saturated carbocycles. The number of carbonyl (C=O) groups is 2. The van der Waals surface area contributed by atoms with Gasteiger partial charge >= 0.3 is 12.1 Å². The zero-order chi connectivity index (χ0) is 19.6. The molecule has 0 bridgehead atoms. The molecule has 0 aliphatic heterocycles. The first-order valence-corrected chi connectivity index (χ1v) is 9.43. The molecule has 1 rings (SSSR count). The summed E-state index contributed by atoms with van der Waals surface area (Å²) in [5.74, 6) is -0.164. The van der Waals surface area contributed by atoms with Crippen LogP contribution in [0.3, 0.4) is 0 Å². The third kappa shape index (κ3) is 9.65. The fraction of sp³-hybridized carbons (Fsp3) is 0.556. The first-order chi connectivity index (χ1) is 12.2. The summed E-state index contributed by atoms with van der Waals surface area (Å²) in [6.07, 6.45) is -1.61. The molecule has 2 atom stereocenters. The number of ether oxygens (including phenoxy) is 2. The second-order valence-corrected chi connectivity index (χ2v) is 7.74. The van der Waals surface area contributed by atoms with Gasteiger partial charge in [-0.2, -0.15) is 11.8 Å². The Morgan fingerprint density at radius 2 is 1.85 bits per heavy atom. The highest BCUT2D eigenvalue weighted by atomic mass is 32.2. The maximum absolute atomic E-state index is 12.3. The second kappa shape index (κ2) is 11.1. The average molecular weight is 385 g/mol. The van der Waals surface area contributed by atoms with Gasteiger partial charge in [-0.25, -0.2) is 9.59 Å². The van der Waals surface area contributed by atoms with Gasteiger partial charge in [0.2, 0.25) is 0 Å². The summed E-state index contributed by atoms with van der Waals surface area (Å²) >= 11 is 1.22. The van der Waals surface area contributed by atoms with Gasteiger partial charge in [-0.3, -0.25) is 0 Å². The van der Waals surface area contributed by atoms with Crippen molar-refractivity contribution in [2.75, 3.05) is 18.1 Å². The van der Waals surface area contributed by atoms with Crippen LogP contribution in [-0.4, -0.2) is 58.1 Å². The van der Waals surface area contributed by atoms with Crippen LogP contribution < -0.4 is 5.32 Å². The largest absolute Gasteiger partial charge is 0.458 e. The lowest BCUT2D eigenvalue weighted by Gasteiger charge is -2.24. The van der Waals surface area contributed by atoms with E-state index in [-0.39, 0.29) is 24.7 Å². The van der Waals surface area contributed by atoms with E-state index >= 15 is 0 Å². The van der Waals surface area contributed by atoms with Gasteiger partial charge in [0.15, 0.2) is 0 Å². The molecule has 146 valence electrons. The van der Waals surface area contributed by atoms with E-state index < -0.39 is 29.8 Å². The van der Waals surface area contributed by atoms with E-state index in [0.717, 1.165) is 5.56 Å². The van der Waals surface area contributed by atoms with Crippen molar-refractivity contribution in [1.82, 2.24) is 5.32 Å². The van der Waals surface area contributed by atoms with Gasteiger partial charge in [0.1, 0.15) is 18.2 Å². The van der Waals surface area contributed by atoms with Crippen molar-refractivity contribution in [2.24, 2.45) is 0 Å². The number of esters is 1. The van der Waals surface area contributed by atoms with E-state index in [2.05, 4.69) is 5.32 Å². The van der Waals surface area contributed by atoms with Gasteiger partial charge < -0.3 is 25.0 Å². The van der Waals surface area contributed by atoms with Gasteiger partial charge in [-0.15, -0.1) is 0 Å². The third-order valence-electron chi connectivity index (χ3n) is 3.00. The Bertz CT molecular complexity index is 561. The first-order valence-electron chi connectivity index (χ1n) is 8.28. The summed E-state index contributed by atoms with van der Waals surface area (Å²) in [7, 11) is 0. The Balaban J connectivity index is 2.58. The van der Waals surface area contributed by atoms with Crippen LogP contribution in [0.15, 0.2) is 30.3 Å². The van der Waals surface area contributed by atoms with Crippen molar-refractivity contribution in [3.63, 3.8) is 0 Å². The number of benzene rings is 1. The van der Waals surface area contributed by atoms with Crippen molar-refractivity contribution in [3.05, 3.63) is 35.9 Å². The minimum Gasteiger partial charge on any atom is -0.458 e. The van der Waals surface area contributed by atoms with Crippen LogP contribution in [0.1, 0.15) is 26.3 Å². The van der Waals surface area contributed by atoms with Crippen molar-refractivity contribution in [3.8, 4) is 0 Å². The molecule has 3 N–H and O–H groups in total. The highest BCUT2D eigenvalue weighted by Crippen LogP contribution is 2.12. The number of rotatable bonds is 9. The Labute approximate surface area is 158 Å². The second-order valence-electron chi connectivity index (χ2n) is 6.67. The molecule has 0 saturated heterocycles. The molecule has 0 heterocycles. The van der Waals surface area contributed by atoms with Crippen molar-refractivity contribution < 1.29 is 29.3 Å². The molecule has 26 heavy (non-hydrogen) atoms. The molecule has 7 nitrogen and oxygen atoms in total. The van der Waals surface area contributed by atoms with Crippen LogP contribution in [-0.2, 0) is 20.9 Å². The predicted molar refractivity (Wildman–Crippen MR) is 99.8 cm³/mol. The number of hydrogen-bond acceptors (Lipinski definition) is 7. The first kappa shape index (κ1) is 22.3. The summed E-state index contributed by atoms with van der Waals surface area (Å²) < 4.78 is 10.4. The summed E-state index contributed by atoms with van der Waals surface area (Å²) in [5, 5.41) is 20.7. The fourth-order valence-electron chi connectivity index (χ4n) is 1.82. The van der Waals surface area contributed by atoms with Crippen molar-refractivity contribution in [2.45, 2.75) is 45.1 Å². The summed E-state index contributed by atoms with van der Waals surface area (Å²) in [6, 6.07) is 8.26. The van der Waals surface area contributed by atoms with Crippen molar-refractivity contribution in [1.29, 1.82) is 0 Å². The lowest BCUT2D eigenvalue weighted by Crippen LogP contribution is -2.46. The highest BCUT2D eigenvalue weighted by Gasteiger charge is 2.27. The maximum Gasteiger partial charge on any atom is 0.408 e. The van der Waals surface area contributed by atoms with Gasteiger partial charge in [-0.05, 0) is 26.3 Å². The number of carbonyl (C=O) groups excluding carboxylic acids is 2. The number of hydrogen-bond donors (Lipinski definition) is 3. The maximum atomic E-state index is 12.3. The molecule has 1 aromatic rings. The van der Waals surface area contributed by atoms with E-state index in [1.807, 2.05) is 30.3 Å². The van der Waals surface area contributed by atoms with E-state index in [9.17, 15) is 14.7 Å². The number of aliphatic hydroxyl groups excluding tert-OH is 2. The Hall–Kier alpha value is -1.77. The molecule has 0 spiro atoms. The van der Waals surface area contributed by atoms with Gasteiger partial charge in [-0.1, -0.05) is 30.3 Å². The van der Waals surface area contributed by atoms with E-state index in [1.165, 1.54) is 11.8 Å². The standard InChI is InChI=1S/C18H27NO6S/c1-18(2,3)25-16(22)15(12-26-11-14(21)9-20)19-17(23)24-10-13-7-5-4-6-8-13/h4-8,14-15,20-21H,9-12H2,1-3H3,(H,19,23). The van der Waals surface area contributed by atoms with Crippen LogP contribution in [0.5, 0.6) is 0 Å². The number of amides is 1. The molecular weight excluding hydrogens is 358 g/mol. The topological polar surface area (TPSA) is 105 Å². The Morgan fingerprint density at radius 1 is 1.19 bits per heavy atom. The highest BCUT2D eigenvalue weighted by molar-refractivity contribution is 7.99. The molecule has 0 aliphatic carbocycles. The third-order valence-corrected chi connectivity index (χ3v) is 4.19. The molecule has 0 aromatic heterocycles. The van der Waals surface area contributed by atoms with E-state index in [0.29, 0.717) is 0 Å². The van der Waals surface area contributed by atoms with Crippen LogP contribution in [0.25, 0.3) is 0 Å². The predicted octanol–water partition coefficient (Wildman–Crippen LogP) is 1.71. The van der Waals surface area contributed by atoms with E-state index in [1.54, 1.807) is 20.8 Å². The van der Waals surface area contributed by atoms with Gasteiger partial charge in [0, 0.05) is 11.5 Å². The van der Waals surface area contributed by atoms with Crippen LogP contribution in [0.2, 0.25) is 0 Å². The zero-order valence-corrected chi connectivity index (χ0v) is 16.1. The Morgan fingerprint density at radius 3 is 2.42 bits per heavy atom. The molecule has 2 unspecified atom stereocenters.